The predicted octanol–water partition coefficient (Wildman–Crippen LogP) is 5.99. The van der Waals surface area contributed by atoms with Crippen molar-refractivity contribution in [1.82, 2.24) is 10.2 Å². The van der Waals surface area contributed by atoms with Gasteiger partial charge in [0.05, 0.1) is 11.9 Å². The summed E-state index contributed by atoms with van der Waals surface area (Å²) in [5, 5.41) is 3.74. The Labute approximate surface area is 256 Å². The van der Waals surface area contributed by atoms with Crippen molar-refractivity contribution in [1.29, 1.82) is 0 Å². The van der Waals surface area contributed by atoms with Crippen molar-refractivity contribution in [2.45, 2.75) is 57.2 Å². The van der Waals surface area contributed by atoms with E-state index in [-0.39, 0.29) is 30.6 Å². The molecule has 3 aromatic carbocycles. The normalized spacial score (nSPS) is 14.7. The molecule has 1 aliphatic rings. The Kier molecular flexibility index (Phi) is 10.9. The minimum absolute atomic E-state index is 0.00663. The Hall–Kier alpha value is -3.14. The third kappa shape index (κ3) is 8.46. The van der Waals surface area contributed by atoms with Crippen LogP contribution in [0.2, 0.25) is 10.0 Å². The molecule has 0 saturated heterocycles. The molecule has 1 fully saturated rings. The molecule has 0 aliphatic heterocycles. The highest BCUT2D eigenvalue weighted by atomic mass is 35.5. The number of nitrogens with one attached hydrogen (secondary N) is 1. The van der Waals surface area contributed by atoms with Crippen molar-refractivity contribution in [3.63, 3.8) is 0 Å². The van der Waals surface area contributed by atoms with E-state index in [0.717, 1.165) is 54.3 Å². The summed E-state index contributed by atoms with van der Waals surface area (Å²) < 4.78 is 40.6. The predicted molar refractivity (Wildman–Crippen MR) is 165 cm³/mol. The van der Waals surface area contributed by atoms with E-state index in [1.807, 2.05) is 30.3 Å². The molecule has 1 atom stereocenters. The molecule has 1 aliphatic carbocycles. The highest BCUT2D eigenvalue weighted by Gasteiger charge is 2.34. The summed E-state index contributed by atoms with van der Waals surface area (Å²) in [5.41, 5.74) is 1.23. The molecule has 11 heteroatoms. The number of nitrogens with zero attached hydrogens (tertiary/aromatic N) is 2. The van der Waals surface area contributed by atoms with Crippen molar-refractivity contribution in [3.8, 4) is 0 Å². The molecule has 0 radical (unpaired) electrons. The van der Waals surface area contributed by atoms with Crippen LogP contribution in [0.25, 0.3) is 0 Å². The van der Waals surface area contributed by atoms with Gasteiger partial charge in [-0.15, -0.1) is 0 Å². The lowest BCUT2D eigenvalue weighted by Gasteiger charge is -2.35. The smallest absolute Gasteiger partial charge is 0.244 e. The maximum Gasteiger partial charge on any atom is 0.244 e. The number of benzene rings is 3. The number of sulfonamides is 1. The first kappa shape index (κ1) is 31.8. The standard InChI is InChI=1S/C31H34Cl2FN3O4S/c1-42(40,41)37(25-15-8-12-23(34)19-25)21-30(38)36(20-26-27(32)16-9-17-28(26)33)29(18-22-10-4-2-5-11-22)31(39)35-24-13-6-3-7-14-24/h2,4-5,8-12,15-17,19,24,29H,3,6-7,13-14,18,20-21H2,1H3,(H,35,39). The van der Waals surface area contributed by atoms with Gasteiger partial charge in [0.1, 0.15) is 18.4 Å². The molecule has 7 nitrogen and oxygen atoms in total. The van der Waals surface area contributed by atoms with Crippen LogP contribution in [0.15, 0.2) is 72.8 Å². The highest BCUT2D eigenvalue weighted by molar-refractivity contribution is 7.92. The summed E-state index contributed by atoms with van der Waals surface area (Å²) in [6.45, 7) is -0.806. The second kappa shape index (κ2) is 14.4. The first-order valence-corrected chi connectivity index (χ1v) is 16.4. The molecule has 3 aromatic rings. The van der Waals surface area contributed by atoms with E-state index in [2.05, 4.69) is 5.32 Å². The minimum atomic E-state index is -4.01. The number of carbonyl (C=O) groups is 2. The lowest BCUT2D eigenvalue weighted by molar-refractivity contribution is -0.140. The summed E-state index contributed by atoms with van der Waals surface area (Å²) >= 11 is 13.0. The van der Waals surface area contributed by atoms with Gasteiger partial charge in [0.2, 0.25) is 21.8 Å². The first-order chi connectivity index (χ1) is 20.0. The van der Waals surface area contributed by atoms with Crippen molar-refractivity contribution in [2.24, 2.45) is 0 Å². The van der Waals surface area contributed by atoms with Gasteiger partial charge in [0.15, 0.2) is 0 Å². The van der Waals surface area contributed by atoms with Gasteiger partial charge in [0.25, 0.3) is 0 Å². The molecule has 224 valence electrons. The van der Waals surface area contributed by atoms with Crippen LogP contribution >= 0.6 is 23.2 Å². The quantitative estimate of drug-likeness (QED) is 0.281. The molecule has 2 amide bonds. The first-order valence-electron chi connectivity index (χ1n) is 13.8. The zero-order chi connectivity index (χ0) is 30.3. The summed E-state index contributed by atoms with van der Waals surface area (Å²) in [5.74, 6) is -1.67. The second-order valence-electron chi connectivity index (χ2n) is 10.5. The fourth-order valence-corrected chi connectivity index (χ4v) is 6.56. The lowest BCUT2D eigenvalue weighted by Crippen LogP contribution is -2.55. The Morgan fingerprint density at radius 3 is 2.21 bits per heavy atom. The third-order valence-corrected chi connectivity index (χ3v) is 9.24. The number of halogens is 3. The monoisotopic (exact) mass is 633 g/mol. The Bertz CT molecular complexity index is 1480. The number of anilines is 1. The summed E-state index contributed by atoms with van der Waals surface area (Å²) in [4.78, 5) is 29.5. The third-order valence-electron chi connectivity index (χ3n) is 7.39. The molecular weight excluding hydrogens is 600 g/mol. The molecule has 4 rings (SSSR count). The molecule has 1 unspecified atom stereocenters. The Balaban J connectivity index is 1.76. The fraction of sp³-hybridized carbons (Fsp3) is 0.355. The molecule has 1 N–H and O–H groups in total. The van der Waals surface area contributed by atoms with Gasteiger partial charge in [-0.1, -0.05) is 84.9 Å². The molecule has 0 heterocycles. The van der Waals surface area contributed by atoms with E-state index >= 15 is 0 Å². The van der Waals surface area contributed by atoms with E-state index in [1.165, 1.54) is 23.1 Å². The van der Waals surface area contributed by atoms with E-state index in [0.29, 0.717) is 15.6 Å². The maximum atomic E-state index is 14.2. The van der Waals surface area contributed by atoms with Gasteiger partial charge >= 0.3 is 0 Å². The summed E-state index contributed by atoms with van der Waals surface area (Å²) in [6.07, 6.45) is 5.91. The Morgan fingerprint density at radius 1 is 0.952 bits per heavy atom. The van der Waals surface area contributed by atoms with E-state index in [4.69, 9.17) is 23.2 Å². The second-order valence-corrected chi connectivity index (χ2v) is 13.2. The number of hydrogen-bond donors (Lipinski definition) is 1. The molecule has 1 saturated carbocycles. The van der Waals surface area contributed by atoms with Crippen LogP contribution in [0.3, 0.4) is 0 Å². The van der Waals surface area contributed by atoms with Crippen LogP contribution in [-0.4, -0.2) is 50.0 Å². The van der Waals surface area contributed by atoms with Crippen LogP contribution in [0.5, 0.6) is 0 Å². The van der Waals surface area contributed by atoms with Gasteiger partial charge < -0.3 is 10.2 Å². The maximum absolute atomic E-state index is 14.2. The average molecular weight is 635 g/mol. The molecular formula is C31H34Cl2FN3O4S. The van der Waals surface area contributed by atoms with Gasteiger partial charge in [0, 0.05) is 34.6 Å². The van der Waals surface area contributed by atoms with Crippen LogP contribution in [0.1, 0.15) is 43.2 Å². The molecule has 0 spiro atoms. The van der Waals surface area contributed by atoms with Crippen LogP contribution in [0.4, 0.5) is 10.1 Å². The molecule has 0 aromatic heterocycles. The zero-order valence-electron chi connectivity index (χ0n) is 23.3. The lowest BCUT2D eigenvalue weighted by atomic mass is 9.94. The minimum Gasteiger partial charge on any atom is -0.352 e. The number of amides is 2. The van der Waals surface area contributed by atoms with E-state index < -0.39 is 34.3 Å². The largest absolute Gasteiger partial charge is 0.352 e. The number of hydrogen-bond acceptors (Lipinski definition) is 4. The van der Waals surface area contributed by atoms with Crippen molar-refractivity contribution < 1.29 is 22.4 Å². The number of carbonyl (C=O) groups excluding carboxylic acids is 2. The summed E-state index contributed by atoms with van der Waals surface area (Å²) in [6, 6.07) is 18.2. The Morgan fingerprint density at radius 2 is 1.60 bits per heavy atom. The van der Waals surface area contributed by atoms with Crippen LogP contribution in [0, 0.1) is 5.82 Å². The molecule has 42 heavy (non-hydrogen) atoms. The van der Waals surface area contributed by atoms with Crippen LogP contribution < -0.4 is 9.62 Å². The summed E-state index contributed by atoms with van der Waals surface area (Å²) in [7, 11) is -4.01. The van der Waals surface area contributed by atoms with Crippen molar-refractivity contribution in [2.75, 3.05) is 17.1 Å². The molecule has 0 bridgehead atoms. The van der Waals surface area contributed by atoms with E-state index in [9.17, 15) is 22.4 Å². The number of rotatable bonds is 11. The van der Waals surface area contributed by atoms with Crippen molar-refractivity contribution in [3.05, 3.63) is 99.8 Å². The fourth-order valence-electron chi connectivity index (χ4n) is 5.20. The van der Waals surface area contributed by atoms with Crippen molar-refractivity contribution >= 4 is 50.7 Å². The SMILES string of the molecule is CS(=O)(=O)N(CC(=O)N(Cc1c(Cl)cccc1Cl)C(Cc1ccccc1)C(=O)NC1CCCCC1)c1cccc(F)c1. The zero-order valence-corrected chi connectivity index (χ0v) is 25.6. The highest BCUT2D eigenvalue weighted by Crippen LogP contribution is 2.28. The average Bonchev–Trinajstić information content (AvgIpc) is 2.95. The van der Waals surface area contributed by atoms with Crippen LogP contribution in [-0.2, 0) is 32.6 Å². The van der Waals surface area contributed by atoms with Gasteiger partial charge in [-0.05, 0) is 48.7 Å². The van der Waals surface area contributed by atoms with Gasteiger partial charge in [-0.25, -0.2) is 12.8 Å². The van der Waals surface area contributed by atoms with Gasteiger partial charge in [-0.3, -0.25) is 13.9 Å². The topological polar surface area (TPSA) is 86.8 Å². The van der Waals surface area contributed by atoms with E-state index in [1.54, 1.807) is 18.2 Å². The van der Waals surface area contributed by atoms with Gasteiger partial charge in [-0.2, -0.15) is 0 Å².